The van der Waals surface area contributed by atoms with Crippen LogP contribution in [0.25, 0.3) is 0 Å². The lowest BCUT2D eigenvalue weighted by atomic mass is 10.1. The van der Waals surface area contributed by atoms with Gasteiger partial charge >= 0.3 is 0 Å². The molecular weight excluding hydrogens is 468 g/mol. The van der Waals surface area contributed by atoms with Crippen molar-refractivity contribution in [1.82, 2.24) is 9.80 Å². The van der Waals surface area contributed by atoms with Gasteiger partial charge in [0.2, 0.25) is 5.91 Å². The molecule has 0 bridgehead atoms. The van der Waals surface area contributed by atoms with Crippen LogP contribution in [-0.4, -0.2) is 47.4 Å². The van der Waals surface area contributed by atoms with Crippen LogP contribution in [0.3, 0.4) is 0 Å². The van der Waals surface area contributed by atoms with Crippen molar-refractivity contribution in [2.45, 2.75) is 39.0 Å². The Morgan fingerprint density at radius 3 is 2.53 bits per heavy atom. The molecule has 1 fully saturated rings. The van der Waals surface area contributed by atoms with E-state index in [1.54, 1.807) is 40.5 Å². The van der Waals surface area contributed by atoms with Gasteiger partial charge in [-0.1, -0.05) is 48.0 Å². The molecule has 4 rings (SSSR count). The van der Waals surface area contributed by atoms with Gasteiger partial charge in [0.25, 0.3) is 5.91 Å². The molecule has 1 aliphatic rings. The molecule has 2 amide bonds. The predicted octanol–water partition coefficient (Wildman–Crippen LogP) is 5.56. The maximum atomic E-state index is 13.6. The van der Waals surface area contributed by atoms with E-state index in [-0.39, 0.29) is 24.5 Å². The second-order valence-corrected chi connectivity index (χ2v) is 10.4. The lowest BCUT2D eigenvalue weighted by Crippen LogP contribution is -2.45. The number of ether oxygens (including phenoxy) is 1. The number of nitrogens with zero attached hydrogens (tertiary/aromatic N) is 2. The number of thiophene rings is 1. The summed E-state index contributed by atoms with van der Waals surface area (Å²) in [5.74, 6) is -0.304. The fraction of sp³-hybridized carbons (Fsp3) is 0.333. The molecule has 2 aromatic carbocycles. The Labute approximate surface area is 209 Å². The number of amides is 2. The van der Waals surface area contributed by atoms with Crippen molar-refractivity contribution in [2.24, 2.45) is 0 Å². The molecule has 34 heavy (non-hydrogen) atoms. The molecule has 1 aliphatic heterocycles. The summed E-state index contributed by atoms with van der Waals surface area (Å²) in [6, 6.07) is 20.9. The Bertz CT molecular complexity index is 1110. The van der Waals surface area contributed by atoms with Gasteiger partial charge < -0.3 is 14.5 Å². The molecule has 3 aromatic rings. The van der Waals surface area contributed by atoms with E-state index in [9.17, 15) is 9.59 Å². The number of hydrogen-bond acceptors (Lipinski definition) is 4. The van der Waals surface area contributed by atoms with Crippen molar-refractivity contribution in [2.75, 3.05) is 19.7 Å². The van der Waals surface area contributed by atoms with Crippen LogP contribution >= 0.6 is 22.9 Å². The summed E-state index contributed by atoms with van der Waals surface area (Å²) in [5.41, 5.74) is 1.53. The van der Waals surface area contributed by atoms with Gasteiger partial charge in [0.1, 0.15) is 6.54 Å². The molecule has 0 N–H and O–H groups in total. The van der Waals surface area contributed by atoms with Crippen molar-refractivity contribution in [3.05, 3.63) is 92.6 Å². The minimum Gasteiger partial charge on any atom is -0.376 e. The number of carbonyl (C=O) groups excluding carboxylic acids is 2. The minimum atomic E-state index is -0.210. The topological polar surface area (TPSA) is 49.9 Å². The van der Waals surface area contributed by atoms with Crippen LogP contribution < -0.4 is 0 Å². The van der Waals surface area contributed by atoms with Crippen molar-refractivity contribution >= 4 is 34.8 Å². The minimum absolute atomic E-state index is 0.0115. The number of rotatable bonds is 9. The zero-order chi connectivity index (χ0) is 23.9. The van der Waals surface area contributed by atoms with Crippen LogP contribution in [0.15, 0.2) is 66.7 Å². The molecular formula is C27H29ClN2O3S. The van der Waals surface area contributed by atoms with E-state index in [1.807, 2.05) is 35.2 Å². The maximum absolute atomic E-state index is 13.6. The van der Waals surface area contributed by atoms with E-state index >= 15 is 0 Å². The highest BCUT2D eigenvalue weighted by atomic mass is 35.5. The highest BCUT2D eigenvalue weighted by Gasteiger charge is 2.27. The van der Waals surface area contributed by atoms with Crippen LogP contribution in [0.2, 0.25) is 5.02 Å². The molecule has 1 saturated heterocycles. The summed E-state index contributed by atoms with van der Waals surface area (Å²) >= 11 is 7.82. The quantitative estimate of drug-likeness (QED) is 0.389. The number of carbonyl (C=O) groups is 2. The second kappa shape index (κ2) is 11.6. The van der Waals surface area contributed by atoms with Crippen LogP contribution in [0.5, 0.6) is 0 Å². The fourth-order valence-corrected chi connectivity index (χ4v) is 5.21. The molecule has 0 aliphatic carbocycles. The summed E-state index contributed by atoms with van der Waals surface area (Å²) in [7, 11) is 0. The summed E-state index contributed by atoms with van der Waals surface area (Å²) < 4.78 is 5.79. The molecule has 1 atom stereocenters. The van der Waals surface area contributed by atoms with Crippen molar-refractivity contribution < 1.29 is 14.3 Å². The first-order valence-electron chi connectivity index (χ1n) is 11.5. The lowest BCUT2D eigenvalue weighted by molar-refractivity contribution is -0.133. The third-order valence-electron chi connectivity index (χ3n) is 5.84. The highest BCUT2D eigenvalue weighted by molar-refractivity contribution is 7.11. The second-order valence-electron chi connectivity index (χ2n) is 8.58. The van der Waals surface area contributed by atoms with Crippen molar-refractivity contribution in [1.29, 1.82) is 0 Å². The molecule has 2 heterocycles. The van der Waals surface area contributed by atoms with Gasteiger partial charge in [-0.2, -0.15) is 0 Å². The third kappa shape index (κ3) is 6.69. The molecule has 1 aromatic heterocycles. The van der Waals surface area contributed by atoms with E-state index < -0.39 is 0 Å². The molecule has 178 valence electrons. The fourth-order valence-electron chi connectivity index (χ4n) is 4.12. The summed E-state index contributed by atoms with van der Waals surface area (Å²) in [6.07, 6.45) is 1.80. The Kier molecular flexibility index (Phi) is 8.38. The Morgan fingerprint density at radius 2 is 1.85 bits per heavy atom. The van der Waals surface area contributed by atoms with Gasteiger partial charge in [-0.3, -0.25) is 9.59 Å². The first-order chi connectivity index (χ1) is 16.5. The van der Waals surface area contributed by atoms with E-state index in [4.69, 9.17) is 16.3 Å². The average molecular weight is 497 g/mol. The number of benzene rings is 2. The van der Waals surface area contributed by atoms with Crippen molar-refractivity contribution in [3.8, 4) is 0 Å². The molecule has 5 nitrogen and oxygen atoms in total. The van der Waals surface area contributed by atoms with Gasteiger partial charge in [-0.05, 0) is 55.7 Å². The lowest BCUT2D eigenvalue weighted by Gasteiger charge is -2.29. The third-order valence-corrected chi connectivity index (χ3v) is 7.07. The van der Waals surface area contributed by atoms with Gasteiger partial charge in [0.15, 0.2) is 0 Å². The molecule has 1 unspecified atom stereocenters. The van der Waals surface area contributed by atoms with Crippen LogP contribution in [0, 0.1) is 6.92 Å². The summed E-state index contributed by atoms with van der Waals surface area (Å²) in [4.78, 5) is 32.8. The van der Waals surface area contributed by atoms with E-state index in [2.05, 4.69) is 19.1 Å². The Balaban J connectivity index is 1.55. The normalized spacial score (nSPS) is 15.3. The predicted molar refractivity (Wildman–Crippen MR) is 136 cm³/mol. The Hall–Kier alpha value is -2.67. The van der Waals surface area contributed by atoms with Gasteiger partial charge in [-0.25, -0.2) is 0 Å². The van der Waals surface area contributed by atoms with Crippen molar-refractivity contribution in [3.63, 3.8) is 0 Å². The zero-order valence-electron chi connectivity index (χ0n) is 19.3. The van der Waals surface area contributed by atoms with E-state index in [1.165, 1.54) is 4.88 Å². The number of hydrogen-bond donors (Lipinski definition) is 0. The zero-order valence-corrected chi connectivity index (χ0v) is 20.9. The van der Waals surface area contributed by atoms with E-state index in [0.717, 1.165) is 23.3 Å². The van der Waals surface area contributed by atoms with Crippen LogP contribution in [0.4, 0.5) is 0 Å². The first kappa shape index (κ1) is 24.5. The molecule has 0 saturated carbocycles. The van der Waals surface area contributed by atoms with Gasteiger partial charge in [-0.15, -0.1) is 11.3 Å². The highest BCUT2D eigenvalue weighted by Crippen LogP contribution is 2.21. The Morgan fingerprint density at radius 1 is 1.03 bits per heavy atom. The SMILES string of the molecule is Cc1ccc(CN(Cc2ccccc2)C(=O)CN(CC2CCCO2)C(=O)c2cccc(Cl)c2)s1. The molecule has 7 heteroatoms. The van der Waals surface area contributed by atoms with Gasteiger partial charge in [0, 0.05) is 40.0 Å². The monoisotopic (exact) mass is 496 g/mol. The van der Waals surface area contributed by atoms with Gasteiger partial charge in [0.05, 0.1) is 12.6 Å². The summed E-state index contributed by atoms with van der Waals surface area (Å²) in [5, 5.41) is 0.494. The molecule has 0 spiro atoms. The summed E-state index contributed by atoms with van der Waals surface area (Å²) in [6.45, 7) is 4.11. The van der Waals surface area contributed by atoms with Crippen LogP contribution in [-0.2, 0) is 22.6 Å². The number of halogens is 1. The van der Waals surface area contributed by atoms with Crippen LogP contribution in [0.1, 0.15) is 38.5 Å². The first-order valence-corrected chi connectivity index (χ1v) is 12.7. The smallest absolute Gasteiger partial charge is 0.254 e. The number of aryl methyl sites for hydroxylation is 1. The standard InChI is InChI=1S/C27H29ClN2O3S/c1-20-12-13-25(34-20)18-29(16-21-7-3-2-4-8-21)26(31)19-30(17-24-11-6-14-33-24)27(32)22-9-5-10-23(28)15-22/h2-5,7-10,12-13,15,24H,6,11,14,16-19H2,1H3. The average Bonchev–Trinajstić information content (AvgIpc) is 3.50. The van der Waals surface area contributed by atoms with E-state index in [0.29, 0.717) is 36.8 Å². The molecule has 0 radical (unpaired) electrons. The maximum Gasteiger partial charge on any atom is 0.254 e. The largest absolute Gasteiger partial charge is 0.376 e.